The molecule has 0 saturated heterocycles. The maximum Gasteiger partial charge on any atom is 0.303 e. The Morgan fingerprint density at radius 1 is 0.767 bits per heavy atom. The van der Waals surface area contributed by atoms with E-state index in [1.807, 2.05) is 32.9 Å². The topological polar surface area (TPSA) is 152 Å². The second-order valence-corrected chi connectivity index (χ2v) is 10.9. The Balaban J connectivity index is 2.01. The molecule has 0 unspecified atom stereocenters. The van der Waals surface area contributed by atoms with Gasteiger partial charge in [-0.25, -0.2) is 4.98 Å². The van der Waals surface area contributed by atoms with Gasteiger partial charge in [-0.2, -0.15) is 0 Å². The molecular weight excluding hydrogens is 544 g/mol. The van der Waals surface area contributed by atoms with Crippen molar-refractivity contribution in [1.29, 1.82) is 0 Å². The third-order valence-electron chi connectivity index (χ3n) is 8.38. The Morgan fingerprint density at radius 3 is 1.95 bits per heavy atom. The molecule has 9 heteroatoms. The van der Waals surface area contributed by atoms with Crippen LogP contribution in [0.5, 0.6) is 0 Å². The number of H-pyrrole nitrogens is 3. The molecule has 8 bridgehead atoms. The zero-order chi connectivity index (χ0) is 31.2. The number of aromatic amines is 3. The number of nitrogens with one attached hydrogen (secondary N) is 3. The van der Waals surface area contributed by atoms with Gasteiger partial charge in [0.05, 0.1) is 11.2 Å². The second-order valence-electron chi connectivity index (χ2n) is 10.9. The van der Waals surface area contributed by atoms with Gasteiger partial charge in [-0.1, -0.05) is 25.3 Å². The number of carbonyl (C=O) groups is 2. The number of aliphatic carboxylic acids is 2. The van der Waals surface area contributed by atoms with Crippen LogP contribution in [0.1, 0.15) is 71.0 Å². The van der Waals surface area contributed by atoms with Gasteiger partial charge in [-0.3, -0.25) is 14.4 Å². The van der Waals surface area contributed by atoms with Crippen molar-refractivity contribution < 1.29 is 19.8 Å². The SMILES string of the molecule is C=Cc1c(C)c2cc3[nH]c(c(C)c3C=C)c(=O)c3nc(cc4[nH]c(cc1[nH]2)c(C)c4CCC(=O)O)C(CCC(=O)O)=C3C. The molecule has 9 nitrogen and oxygen atoms in total. The molecule has 0 fully saturated rings. The summed E-state index contributed by atoms with van der Waals surface area (Å²) in [5.41, 5.74) is 11.0. The minimum atomic E-state index is -0.956. The van der Waals surface area contributed by atoms with Crippen LogP contribution in [0.4, 0.5) is 0 Å². The van der Waals surface area contributed by atoms with Crippen LogP contribution in [-0.4, -0.2) is 42.1 Å². The normalized spacial score (nSPS) is 12.2. The lowest BCUT2D eigenvalue weighted by Crippen LogP contribution is -2.07. The van der Waals surface area contributed by atoms with Crippen LogP contribution in [-0.2, 0) is 16.0 Å². The first kappa shape index (κ1) is 29.3. The minimum absolute atomic E-state index is 0.0689. The first-order chi connectivity index (χ1) is 20.4. The van der Waals surface area contributed by atoms with E-state index in [4.69, 9.17) is 4.98 Å². The Bertz CT molecular complexity index is 2090. The molecule has 4 aromatic heterocycles. The van der Waals surface area contributed by atoms with Crippen molar-refractivity contribution in [2.75, 3.05) is 0 Å². The van der Waals surface area contributed by atoms with E-state index in [1.165, 1.54) is 0 Å². The minimum Gasteiger partial charge on any atom is -0.481 e. The van der Waals surface area contributed by atoms with E-state index in [-0.39, 0.29) is 36.8 Å². The summed E-state index contributed by atoms with van der Waals surface area (Å²) in [4.78, 5) is 52.1. The van der Waals surface area contributed by atoms with Crippen LogP contribution < -0.4 is 5.43 Å². The molecule has 0 aliphatic carbocycles. The molecule has 5 heterocycles. The van der Waals surface area contributed by atoms with Gasteiger partial charge in [0, 0.05) is 51.6 Å². The highest BCUT2D eigenvalue weighted by atomic mass is 16.4. The number of nitrogens with zero attached hydrogens (tertiary/aromatic N) is 1. The zero-order valence-electron chi connectivity index (χ0n) is 24.7. The smallest absolute Gasteiger partial charge is 0.303 e. The highest BCUT2D eigenvalue weighted by molar-refractivity contribution is 5.94. The first-order valence-corrected chi connectivity index (χ1v) is 14.0. The number of aryl methyl sites for hydroxylation is 4. The lowest BCUT2D eigenvalue weighted by molar-refractivity contribution is -0.137. The van der Waals surface area contributed by atoms with E-state index in [2.05, 4.69) is 28.1 Å². The molecule has 5 N–H and O–H groups in total. The Morgan fingerprint density at radius 2 is 1.33 bits per heavy atom. The lowest BCUT2D eigenvalue weighted by atomic mass is 10.00. The summed E-state index contributed by atoms with van der Waals surface area (Å²) in [5, 5.41) is 18.9. The average Bonchev–Trinajstić information content (AvgIpc) is 3.63. The molecule has 0 aromatic carbocycles. The first-order valence-electron chi connectivity index (χ1n) is 14.0. The van der Waals surface area contributed by atoms with Crippen LogP contribution in [0.15, 0.2) is 36.2 Å². The van der Waals surface area contributed by atoms with Gasteiger partial charge >= 0.3 is 11.9 Å². The van der Waals surface area contributed by atoms with Crippen LogP contribution in [0.3, 0.4) is 0 Å². The number of carboxylic acids is 2. The lowest BCUT2D eigenvalue weighted by Gasteiger charge is -2.03. The third-order valence-corrected chi connectivity index (χ3v) is 8.38. The van der Waals surface area contributed by atoms with Crippen LogP contribution >= 0.6 is 0 Å². The fraction of sp³-hybridized carbons (Fsp3) is 0.235. The largest absolute Gasteiger partial charge is 0.481 e. The Kier molecular flexibility index (Phi) is 7.67. The molecule has 0 amide bonds. The molecule has 1 aliphatic heterocycles. The van der Waals surface area contributed by atoms with E-state index in [0.717, 1.165) is 49.9 Å². The molecule has 0 spiro atoms. The number of allylic oxidation sites excluding steroid dienone is 2. The van der Waals surface area contributed by atoms with Crippen LogP contribution in [0.25, 0.3) is 56.4 Å². The van der Waals surface area contributed by atoms with E-state index < -0.39 is 11.9 Å². The van der Waals surface area contributed by atoms with Gasteiger partial charge in [0.2, 0.25) is 5.43 Å². The molecule has 4 aromatic rings. The number of rotatable bonds is 8. The van der Waals surface area contributed by atoms with Gasteiger partial charge in [0.15, 0.2) is 0 Å². The van der Waals surface area contributed by atoms with Gasteiger partial charge in [-0.15, -0.1) is 0 Å². The van der Waals surface area contributed by atoms with E-state index in [0.29, 0.717) is 33.4 Å². The molecule has 5 rings (SSSR count). The summed E-state index contributed by atoms with van der Waals surface area (Å²) < 4.78 is 0. The molecule has 0 atom stereocenters. The van der Waals surface area contributed by atoms with Crippen LogP contribution in [0, 0.1) is 20.8 Å². The van der Waals surface area contributed by atoms with Gasteiger partial charge in [0.25, 0.3) is 0 Å². The Labute approximate surface area is 247 Å². The molecule has 220 valence electrons. The van der Waals surface area contributed by atoms with E-state index in [9.17, 15) is 24.6 Å². The van der Waals surface area contributed by atoms with Gasteiger partial charge < -0.3 is 25.2 Å². The fourth-order valence-corrected chi connectivity index (χ4v) is 5.95. The quantitative estimate of drug-likeness (QED) is 0.153. The van der Waals surface area contributed by atoms with Crippen molar-refractivity contribution in [3.8, 4) is 0 Å². The predicted octanol–water partition coefficient (Wildman–Crippen LogP) is 6.91. The van der Waals surface area contributed by atoms with E-state index in [1.54, 1.807) is 25.1 Å². The summed E-state index contributed by atoms with van der Waals surface area (Å²) in [6, 6.07) is 5.72. The van der Waals surface area contributed by atoms with Crippen molar-refractivity contribution in [3.63, 3.8) is 0 Å². The predicted molar refractivity (Wildman–Crippen MR) is 172 cm³/mol. The van der Waals surface area contributed by atoms with Gasteiger partial charge in [-0.05, 0) is 92.1 Å². The zero-order valence-corrected chi connectivity index (χ0v) is 24.7. The number of fused-ring (bicyclic) bond motifs is 8. The summed E-state index contributed by atoms with van der Waals surface area (Å²) in [6.07, 6.45) is 3.77. The maximum atomic E-state index is 14.0. The molecule has 0 saturated carbocycles. The highest BCUT2D eigenvalue weighted by Crippen LogP contribution is 2.34. The summed E-state index contributed by atoms with van der Waals surface area (Å²) in [6.45, 7) is 15.6. The van der Waals surface area contributed by atoms with Crippen molar-refractivity contribution in [3.05, 3.63) is 86.3 Å². The maximum absolute atomic E-state index is 14.0. The summed E-state index contributed by atoms with van der Waals surface area (Å²) in [5.74, 6) is -1.87. The molecule has 1 aliphatic rings. The van der Waals surface area contributed by atoms with Crippen molar-refractivity contribution >= 4 is 68.3 Å². The van der Waals surface area contributed by atoms with Crippen molar-refractivity contribution in [1.82, 2.24) is 19.9 Å². The fourth-order valence-electron chi connectivity index (χ4n) is 5.95. The highest BCUT2D eigenvalue weighted by Gasteiger charge is 2.22. The number of carboxylic acid groups (broad SMARTS) is 2. The Hall–Kier alpha value is -5.18. The number of hydrogen-bond donors (Lipinski definition) is 5. The monoisotopic (exact) mass is 578 g/mol. The van der Waals surface area contributed by atoms with Gasteiger partial charge in [0.1, 0.15) is 5.69 Å². The molecule has 43 heavy (non-hydrogen) atoms. The number of aromatic nitrogens is 4. The third kappa shape index (κ3) is 5.18. The molecule has 0 radical (unpaired) electrons. The summed E-state index contributed by atoms with van der Waals surface area (Å²) in [7, 11) is 0. The van der Waals surface area contributed by atoms with Crippen molar-refractivity contribution in [2.24, 2.45) is 0 Å². The second kappa shape index (κ2) is 11.2. The standard InChI is InChI=1S/C34H34N4O5/c1-7-20-16(3)24-14-27-21(8-2)18(5)32(37-27)34(43)33-19(6)23(10-12-31(41)42)29(38-33)15-28-22(9-11-30(39)40)17(4)25(36-28)13-26(20)35-24/h7-8,13-15,35-37H,1-2,9-12H2,3-6H3,(H,39,40)(H,41,42). The summed E-state index contributed by atoms with van der Waals surface area (Å²) >= 11 is 0. The van der Waals surface area contributed by atoms with Crippen molar-refractivity contribution in [2.45, 2.75) is 53.4 Å². The van der Waals surface area contributed by atoms with Crippen LogP contribution in [0.2, 0.25) is 0 Å². The average molecular weight is 579 g/mol. The van der Waals surface area contributed by atoms with E-state index >= 15 is 0 Å². The molecular formula is C34H34N4O5. The number of hydrogen-bond acceptors (Lipinski definition) is 4.